The van der Waals surface area contributed by atoms with Crippen LogP contribution in [0.15, 0.2) is 18.3 Å². The fourth-order valence-electron chi connectivity index (χ4n) is 1.96. The van der Waals surface area contributed by atoms with Gasteiger partial charge in [-0.05, 0) is 32.9 Å². The molecule has 18 heavy (non-hydrogen) atoms. The highest BCUT2D eigenvalue weighted by Crippen LogP contribution is 2.15. The van der Waals surface area contributed by atoms with Gasteiger partial charge in [-0.3, -0.25) is 4.68 Å². The number of pyridine rings is 1. The lowest BCUT2D eigenvalue weighted by atomic mass is 10.2. The summed E-state index contributed by atoms with van der Waals surface area (Å²) in [6.45, 7) is 7.63. The van der Waals surface area contributed by atoms with Crippen LogP contribution in [-0.2, 0) is 13.1 Å². The van der Waals surface area contributed by atoms with Crippen LogP contribution in [0.5, 0.6) is 0 Å². The molecule has 96 valence electrons. The number of nitrogens with one attached hydrogen (secondary N) is 1. The average Bonchev–Trinajstić information content (AvgIpc) is 2.64. The van der Waals surface area contributed by atoms with Gasteiger partial charge in [0.2, 0.25) is 0 Å². The first-order valence-electron chi connectivity index (χ1n) is 6.00. The van der Waals surface area contributed by atoms with Crippen LogP contribution < -0.4 is 5.32 Å². The molecule has 0 aromatic carbocycles. The molecule has 5 heteroatoms. The molecule has 0 spiro atoms. The van der Waals surface area contributed by atoms with E-state index in [1.807, 2.05) is 11.6 Å². The molecular weight excluding hydrogens is 231 g/mol. The number of hydrogen-bond acceptors (Lipinski definition) is 3. The summed E-state index contributed by atoms with van der Waals surface area (Å²) < 4.78 is 14.7. The van der Waals surface area contributed by atoms with Crippen LogP contribution in [0.4, 0.5) is 10.2 Å². The first kappa shape index (κ1) is 12.5. The first-order valence-corrected chi connectivity index (χ1v) is 6.00. The molecule has 4 nitrogen and oxygen atoms in total. The van der Waals surface area contributed by atoms with Crippen molar-refractivity contribution in [2.24, 2.45) is 0 Å². The van der Waals surface area contributed by atoms with E-state index in [9.17, 15) is 4.39 Å². The molecular formula is C13H17FN4. The van der Waals surface area contributed by atoms with Gasteiger partial charge in [0.05, 0.1) is 11.9 Å². The predicted octanol–water partition coefficient (Wildman–Crippen LogP) is 2.67. The van der Waals surface area contributed by atoms with E-state index in [2.05, 4.69) is 29.2 Å². The monoisotopic (exact) mass is 248 g/mol. The topological polar surface area (TPSA) is 42.7 Å². The molecule has 0 fully saturated rings. The molecule has 1 N–H and O–H groups in total. The molecule has 2 rings (SSSR count). The minimum absolute atomic E-state index is 0.327. The Morgan fingerprint density at radius 2 is 2.11 bits per heavy atom. The van der Waals surface area contributed by atoms with Gasteiger partial charge in [-0.25, -0.2) is 9.37 Å². The van der Waals surface area contributed by atoms with Crippen molar-refractivity contribution in [2.45, 2.75) is 33.9 Å². The lowest BCUT2D eigenvalue weighted by Gasteiger charge is -2.06. The molecule has 0 aliphatic rings. The Labute approximate surface area is 106 Å². The highest BCUT2D eigenvalue weighted by Gasteiger charge is 2.10. The second-order valence-corrected chi connectivity index (χ2v) is 4.18. The summed E-state index contributed by atoms with van der Waals surface area (Å²) >= 11 is 0. The van der Waals surface area contributed by atoms with Crippen molar-refractivity contribution in [1.29, 1.82) is 0 Å². The van der Waals surface area contributed by atoms with Crippen LogP contribution >= 0.6 is 0 Å². The molecule has 2 aromatic rings. The standard InChI is InChI=1S/C13H17FN4/c1-4-18-10(3)12(9(2)17-18)8-16-13-6-5-11(14)7-15-13/h5-7H,4,8H2,1-3H3,(H,15,16). The fourth-order valence-corrected chi connectivity index (χ4v) is 1.96. The molecule has 0 amide bonds. The van der Waals surface area contributed by atoms with E-state index in [1.165, 1.54) is 17.8 Å². The zero-order chi connectivity index (χ0) is 13.1. The Morgan fingerprint density at radius 3 is 2.67 bits per heavy atom. The Balaban J connectivity index is 2.10. The molecule has 0 bridgehead atoms. The summed E-state index contributed by atoms with van der Waals surface area (Å²) in [6.07, 6.45) is 1.21. The summed E-state index contributed by atoms with van der Waals surface area (Å²) in [4.78, 5) is 3.97. The molecule has 0 unspecified atom stereocenters. The maximum absolute atomic E-state index is 12.7. The average molecular weight is 248 g/mol. The van der Waals surface area contributed by atoms with Crippen LogP contribution in [0.1, 0.15) is 23.9 Å². The third-order valence-corrected chi connectivity index (χ3v) is 3.00. The van der Waals surface area contributed by atoms with Crippen LogP contribution in [0.25, 0.3) is 0 Å². The minimum atomic E-state index is -0.327. The van der Waals surface area contributed by atoms with E-state index in [0.29, 0.717) is 12.4 Å². The summed E-state index contributed by atoms with van der Waals surface area (Å²) in [5.41, 5.74) is 3.34. The van der Waals surface area contributed by atoms with Crippen molar-refractivity contribution in [3.05, 3.63) is 41.1 Å². The van der Waals surface area contributed by atoms with Crippen molar-refractivity contribution >= 4 is 5.82 Å². The number of rotatable bonds is 4. The van der Waals surface area contributed by atoms with E-state index in [-0.39, 0.29) is 5.82 Å². The molecule has 0 saturated carbocycles. The first-order chi connectivity index (χ1) is 8.61. The summed E-state index contributed by atoms with van der Waals surface area (Å²) in [6, 6.07) is 3.02. The zero-order valence-corrected chi connectivity index (χ0v) is 10.9. The predicted molar refractivity (Wildman–Crippen MR) is 68.9 cm³/mol. The summed E-state index contributed by atoms with van der Waals surface area (Å²) in [5.74, 6) is 0.339. The van der Waals surface area contributed by atoms with Crippen molar-refractivity contribution < 1.29 is 4.39 Å². The molecule has 0 atom stereocenters. The maximum atomic E-state index is 12.7. The summed E-state index contributed by atoms with van der Waals surface area (Å²) in [7, 11) is 0. The van der Waals surface area contributed by atoms with Gasteiger partial charge in [0, 0.05) is 24.3 Å². The second-order valence-electron chi connectivity index (χ2n) is 4.18. The van der Waals surface area contributed by atoms with Crippen molar-refractivity contribution in [3.63, 3.8) is 0 Å². The summed E-state index contributed by atoms with van der Waals surface area (Å²) in [5, 5.41) is 7.63. The van der Waals surface area contributed by atoms with Crippen LogP contribution in [0.2, 0.25) is 0 Å². The smallest absolute Gasteiger partial charge is 0.141 e. The second kappa shape index (κ2) is 5.16. The highest BCUT2D eigenvalue weighted by atomic mass is 19.1. The molecule has 0 radical (unpaired) electrons. The normalized spacial score (nSPS) is 10.7. The Kier molecular flexibility index (Phi) is 3.60. The number of halogens is 1. The van der Waals surface area contributed by atoms with Crippen LogP contribution in [0.3, 0.4) is 0 Å². The van der Waals surface area contributed by atoms with Crippen LogP contribution in [0, 0.1) is 19.7 Å². The lowest BCUT2D eigenvalue weighted by Crippen LogP contribution is -2.04. The SMILES string of the molecule is CCn1nc(C)c(CNc2ccc(F)cn2)c1C. The van der Waals surface area contributed by atoms with Gasteiger partial charge >= 0.3 is 0 Å². The van der Waals surface area contributed by atoms with E-state index in [1.54, 1.807) is 6.07 Å². The van der Waals surface area contributed by atoms with Gasteiger partial charge in [0.1, 0.15) is 11.6 Å². The maximum Gasteiger partial charge on any atom is 0.141 e. The van der Waals surface area contributed by atoms with Gasteiger partial charge in [-0.2, -0.15) is 5.10 Å². The molecule has 0 aliphatic heterocycles. The van der Waals surface area contributed by atoms with E-state index in [4.69, 9.17) is 0 Å². The van der Waals surface area contributed by atoms with Gasteiger partial charge < -0.3 is 5.32 Å². The third kappa shape index (κ3) is 2.50. The molecule has 0 aliphatic carbocycles. The minimum Gasteiger partial charge on any atom is -0.366 e. The van der Waals surface area contributed by atoms with Gasteiger partial charge in [-0.15, -0.1) is 0 Å². The molecule has 0 saturated heterocycles. The number of aryl methyl sites for hydroxylation is 2. The Bertz CT molecular complexity index is 531. The zero-order valence-electron chi connectivity index (χ0n) is 10.9. The lowest BCUT2D eigenvalue weighted by molar-refractivity contribution is 0.621. The molecule has 2 aromatic heterocycles. The van der Waals surface area contributed by atoms with E-state index >= 15 is 0 Å². The largest absolute Gasteiger partial charge is 0.366 e. The van der Waals surface area contributed by atoms with Gasteiger partial charge in [0.15, 0.2) is 0 Å². The number of anilines is 1. The Hall–Kier alpha value is -1.91. The highest BCUT2D eigenvalue weighted by molar-refractivity contribution is 5.36. The third-order valence-electron chi connectivity index (χ3n) is 3.00. The van der Waals surface area contributed by atoms with Crippen molar-refractivity contribution in [2.75, 3.05) is 5.32 Å². The number of nitrogens with zero attached hydrogens (tertiary/aromatic N) is 3. The van der Waals surface area contributed by atoms with Gasteiger partial charge in [0.25, 0.3) is 0 Å². The quantitative estimate of drug-likeness (QED) is 0.904. The van der Waals surface area contributed by atoms with E-state index in [0.717, 1.165) is 17.9 Å². The fraction of sp³-hybridized carbons (Fsp3) is 0.385. The van der Waals surface area contributed by atoms with Crippen LogP contribution in [-0.4, -0.2) is 14.8 Å². The van der Waals surface area contributed by atoms with Crippen molar-refractivity contribution in [1.82, 2.24) is 14.8 Å². The van der Waals surface area contributed by atoms with Gasteiger partial charge in [-0.1, -0.05) is 0 Å². The number of aromatic nitrogens is 3. The van der Waals surface area contributed by atoms with Crippen molar-refractivity contribution in [3.8, 4) is 0 Å². The van der Waals surface area contributed by atoms with E-state index < -0.39 is 0 Å². The number of hydrogen-bond donors (Lipinski definition) is 1. The Morgan fingerprint density at radius 1 is 1.33 bits per heavy atom. The molecule has 2 heterocycles.